The van der Waals surface area contributed by atoms with Gasteiger partial charge in [0.25, 0.3) is 0 Å². The summed E-state index contributed by atoms with van der Waals surface area (Å²) < 4.78 is 39.4. The normalized spacial score (nSPS) is 12.4. The molecule has 5 nitrogen and oxygen atoms in total. The lowest BCUT2D eigenvalue weighted by Gasteiger charge is -2.15. The highest BCUT2D eigenvalue weighted by Gasteiger charge is 2.31. The molecule has 1 aromatic carbocycles. The van der Waals surface area contributed by atoms with Gasteiger partial charge >= 0.3 is 6.18 Å². The van der Waals surface area contributed by atoms with Crippen LogP contribution in [0.15, 0.2) is 30.5 Å². The number of nitrogens with zero attached hydrogens (tertiary/aromatic N) is 3. The Labute approximate surface area is 130 Å². The second kappa shape index (κ2) is 6.11. The smallest absolute Gasteiger partial charge is 0.390 e. The zero-order valence-corrected chi connectivity index (χ0v) is 12.6. The van der Waals surface area contributed by atoms with Gasteiger partial charge in [-0.3, -0.25) is 9.48 Å². The van der Waals surface area contributed by atoms with E-state index in [1.165, 1.54) is 23.0 Å². The zero-order valence-electron chi connectivity index (χ0n) is 12.6. The Morgan fingerprint density at radius 3 is 2.61 bits per heavy atom. The number of aromatic nitrogens is 3. The molecule has 0 saturated carbocycles. The molecule has 1 heterocycles. The van der Waals surface area contributed by atoms with E-state index in [9.17, 15) is 23.1 Å². The fraction of sp³-hybridized carbons (Fsp3) is 0.400. The number of hydrogen-bond donors (Lipinski definition) is 1. The molecule has 23 heavy (non-hydrogen) atoms. The Balaban J connectivity index is 2.17. The van der Waals surface area contributed by atoms with E-state index in [-0.39, 0.29) is 11.3 Å². The van der Waals surface area contributed by atoms with E-state index in [0.29, 0.717) is 13.0 Å². The van der Waals surface area contributed by atoms with Crippen molar-refractivity contribution in [2.24, 2.45) is 0 Å². The number of alkyl halides is 3. The molecular weight excluding hydrogens is 311 g/mol. The van der Waals surface area contributed by atoms with Crippen molar-refractivity contribution in [2.75, 3.05) is 0 Å². The van der Waals surface area contributed by atoms with Crippen molar-refractivity contribution < 1.29 is 23.1 Å². The second-order valence-corrected chi connectivity index (χ2v) is 5.84. The molecule has 0 fully saturated rings. The molecule has 8 heteroatoms. The summed E-state index contributed by atoms with van der Waals surface area (Å²) in [6.07, 6.45) is -2.76. The lowest BCUT2D eigenvalue weighted by Crippen LogP contribution is -2.21. The second-order valence-electron chi connectivity index (χ2n) is 5.84. The number of rotatable bonds is 5. The first-order valence-electron chi connectivity index (χ1n) is 6.91. The van der Waals surface area contributed by atoms with Crippen LogP contribution >= 0.6 is 0 Å². The quantitative estimate of drug-likeness (QED) is 0.858. The van der Waals surface area contributed by atoms with Crippen LogP contribution in [0.2, 0.25) is 0 Å². The van der Waals surface area contributed by atoms with E-state index in [2.05, 4.69) is 10.3 Å². The lowest BCUT2D eigenvalue weighted by molar-refractivity contribution is -0.137. The van der Waals surface area contributed by atoms with E-state index in [0.717, 1.165) is 12.1 Å². The van der Waals surface area contributed by atoms with Gasteiger partial charge in [-0.05, 0) is 32.4 Å². The van der Waals surface area contributed by atoms with E-state index < -0.39 is 23.1 Å². The third-order valence-corrected chi connectivity index (χ3v) is 3.18. The molecule has 0 saturated heterocycles. The summed E-state index contributed by atoms with van der Waals surface area (Å²) in [7, 11) is 0. The summed E-state index contributed by atoms with van der Waals surface area (Å²) >= 11 is 0. The van der Waals surface area contributed by atoms with Crippen molar-refractivity contribution in [2.45, 2.75) is 38.6 Å². The molecule has 124 valence electrons. The van der Waals surface area contributed by atoms with Crippen LogP contribution in [0.1, 0.15) is 41.9 Å². The standard InChI is InChI=1S/C15H16F3N3O2/c1-14(2,23)6-7-21-9-12(19-20-21)13(22)10-4-3-5-11(8-10)15(16,17)18/h3-5,8-9,23H,6-7H2,1-2H3. The monoisotopic (exact) mass is 327 g/mol. The van der Waals surface area contributed by atoms with Crippen molar-refractivity contribution in [3.8, 4) is 0 Å². The van der Waals surface area contributed by atoms with Crippen LogP contribution in [0.3, 0.4) is 0 Å². The summed E-state index contributed by atoms with van der Waals surface area (Å²) in [6, 6.07) is 4.16. The SMILES string of the molecule is CC(C)(O)CCn1cc(C(=O)c2cccc(C(F)(F)F)c2)nn1. The molecular formula is C15H16F3N3O2. The number of benzene rings is 1. The lowest BCUT2D eigenvalue weighted by atomic mass is 10.1. The summed E-state index contributed by atoms with van der Waals surface area (Å²) in [5.74, 6) is -0.634. The van der Waals surface area contributed by atoms with E-state index in [1.807, 2.05) is 0 Å². The van der Waals surface area contributed by atoms with Crippen LogP contribution in [0.4, 0.5) is 13.2 Å². The van der Waals surface area contributed by atoms with Gasteiger partial charge in [0.1, 0.15) is 0 Å². The number of carbonyl (C=O) groups excluding carboxylic acids is 1. The largest absolute Gasteiger partial charge is 0.416 e. The minimum atomic E-state index is -4.51. The molecule has 0 aliphatic heterocycles. The molecule has 1 aromatic heterocycles. The summed E-state index contributed by atoms with van der Waals surface area (Å²) in [4.78, 5) is 12.2. The van der Waals surface area contributed by atoms with Crippen LogP contribution in [0.25, 0.3) is 0 Å². The topological polar surface area (TPSA) is 68.0 Å². The van der Waals surface area contributed by atoms with Gasteiger partial charge < -0.3 is 5.11 Å². The van der Waals surface area contributed by atoms with Crippen molar-refractivity contribution in [1.82, 2.24) is 15.0 Å². The number of carbonyl (C=O) groups is 1. The number of halogens is 3. The van der Waals surface area contributed by atoms with Gasteiger partial charge in [-0.2, -0.15) is 13.2 Å². The van der Waals surface area contributed by atoms with Gasteiger partial charge in [0, 0.05) is 12.1 Å². The maximum atomic E-state index is 12.7. The van der Waals surface area contributed by atoms with Crippen LogP contribution in [-0.4, -0.2) is 31.5 Å². The molecule has 0 atom stereocenters. The van der Waals surface area contributed by atoms with Gasteiger partial charge in [0.05, 0.1) is 17.4 Å². The van der Waals surface area contributed by atoms with Crippen LogP contribution < -0.4 is 0 Å². The Morgan fingerprint density at radius 1 is 1.30 bits per heavy atom. The van der Waals surface area contributed by atoms with E-state index in [4.69, 9.17) is 0 Å². The third kappa shape index (κ3) is 4.62. The highest BCUT2D eigenvalue weighted by atomic mass is 19.4. The number of aryl methyl sites for hydroxylation is 1. The molecule has 0 unspecified atom stereocenters. The fourth-order valence-electron chi connectivity index (χ4n) is 1.88. The molecule has 2 rings (SSSR count). The molecule has 0 aliphatic rings. The van der Waals surface area contributed by atoms with Crippen LogP contribution in [-0.2, 0) is 12.7 Å². The minimum absolute atomic E-state index is 0.0416. The van der Waals surface area contributed by atoms with E-state index in [1.54, 1.807) is 13.8 Å². The molecule has 0 bridgehead atoms. The third-order valence-electron chi connectivity index (χ3n) is 3.18. The van der Waals surface area contributed by atoms with Crippen molar-refractivity contribution >= 4 is 5.78 Å². The predicted octanol–water partition coefficient (Wildman–Crippen LogP) is 2.69. The highest BCUT2D eigenvalue weighted by molar-refractivity contribution is 6.07. The van der Waals surface area contributed by atoms with Gasteiger partial charge in [0.2, 0.25) is 5.78 Å². The van der Waals surface area contributed by atoms with Crippen LogP contribution in [0, 0.1) is 0 Å². The van der Waals surface area contributed by atoms with Crippen LogP contribution in [0.5, 0.6) is 0 Å². The Hall–Kier alpha value is -2.22. The molecule has 0 aliphatic carbocycles. The first kappa shape index (κ1) is 17.1. The average molecular weight is 327 g/mol. The fourth-order valence-corrected chi connectivity index (χ4v) is 1.88. The van der Waals surface area contributed by atoms with Gasteiger partial charge in [-0.25, -0.2) is 0 Å². The summed E-state index contributed by atoms with van der Waals surface area (Å²) in [5, 5.41) is 17.1. The van der Waals surface area contributed by atoms with Gasteiger partial charge in [-0.1, -0.05) is 17.3 Å². The maximum Gasteiger partial charge on any atom is 0.416 e. The van der Waals surface area contributed by atoms with Gasteiger partial charge in [0.15, 0.2) is 5.69 Å². The summed E-state index contributed by atoms with van der Waals surface area (Å²) in [6.45, 7) is 3.61. The first-order valence-corrected chi connectivity index (χ1v) is 6.91. The zero-order chi connectivity index (χ0) is 17.3. The molecule has 1 N–H and O–H groups in total. The number of hydrogen-bond acceptors (Lipinski definition) is 4. The molecule has 0 amide bonds. The van der Waals surface area contributed by atoms with E-state index >= 15 is 0 Å². The Morgan fingerprint density at radius 2 is 2.00 bits per heavy atom. The molecule has 2 aromatic rings. The average Bonchev–Trinajstić information content (AvgIpc) is 2.92. The number of aliphatic hydroxyl groups is 1. The van der Waals surface area contributed by atoms with Crippen molar-refractivity contribution in [3.63, 3.8) is 0 Å². The summed E-state index contributed by atoms with van der Waals surface area (Å²) in [5.41, 5.74) is -1.93. The highest BCUT2D eigenvalue weighted by Crippen LogP contribution is 2.29. The predicted molar refractivity (Wildman–Crippen MR) is 75.8 cm³/mol. The minimum Gasteiger partial charge on any atom is -0.390 e. The van der Waals surface area contributed by atoms with Crippen molar-refractivity contribution in [3.05, 3.63) is 47.3 Å². The molecule has 0 radical (unpaired) electrons. The first-order chi connectivity index (χ1) is 10.6. The maximum absolute atomic E-state index is 12.7. The Bertz CT molecular complexity index is 702. The number of ketones is 1. The van der Waals surface area contributed by atoms with Crippen molar-refractivity contribution in [1.29, 1.82) is 0 Å². The van der Waals surface area contributed by atoms with Gasteiger partial charge in [-0.15, -0.1) is 5.10 Å². The molecule has 0 spiro atoms. The Kier molecular flexibility index (Phi) is 4.56.